The van der Waals surface area contributed by atoms with E-state index < -0.39 is 10.8 Å². The molecule has 20 rings (SSSR count). The van der Waals surface area contributed by atoms with Crippen molar-refractivity contribution in [1.29, 1.82) is 0 Å². The molecule has 2 bridgehead atoms. The van der Waals surface area contributed by atoms with Crippen LogP contribution in [0.4, 0.5) is 0 Å². The molecule has 0 fully saturated rings. The number of hydrogen-bond acceptors (Lipinski definition) is 4. The Morgan fingerprint density at radius 2 is 0.500 bits per heavy atom. The van der Waals surface area contributed by atoms with Gasteiger partial charge in [0.1, 0.15) is 0 Å². The molecule has 438 valence electrons. The quantitative estimate of drug-likeness (QED) is 0.137. The summed E-state index contributed by atoms with van der Waals surface area (Å²) in [6.07, 6.45) is 0. The average Bonchev–Trinajstić information content (AvgIpc) is 1.63. The fourth-order valence-corrected chi connectivity index (χ4v) is 16.9. The number of aromatic nitrogens is 4. The second-order valence-corrected chi connectivity index (χ2v) is 25.3. The van der Waals surface area contributed by atoms with Crippen molar-refractivity contribution in [3.63, 3.8) is 0 Å². The monoisotopic (exact) mass is 1190 g/mol. The Kier molecular flexibility index (Phi) is 12.2. The van der Waals surface area contributed by atoms with Gasteiger partial charge in [-0.25, -0.2) is 19.9 Å². The lowest BCUT2D eigenvalue weighted by atomic mass is 9.61. The van der Waals surface area contributed by atoms with E-state index in [9.17, 15) is 0 Å². The molecule has 94 heavy (non-hydrogen) atoms. The lowest BCUT2D eigenvalue weighted by molar-refractivity contribution is 0.754. The van der Waals surface area contributed by atoms with Crippen LogP contribution in [0.15, 0.2) is 340 Å². The summed E-state index contributed by atoms with van der Waals surface area (Å²) in [6.45, 7) is 0. The van der Waals surface area contributed by atoms with Crippen LogP contribution in [0.1, 0.15) is 89.7 Å². The maximum absolute atomic E-state index is 5.69. The normalized spacial score (nSPS) is 15.2. The van der Waals surface area contributed by atoms with Gasteiger partial charge in [-0.15, -0.1) is 0 Å². The molecule has 2 heterocycles. The second-order valence-electron chi connectivity index (χ2n) is 25.3. The van der Waals surface area contributed by atoms with Crippen LogP contribution in [0.5, 0.6) is 0 Å². The van der Waals surface area contributed by atoms with Crippen LogP contribution in [-0.2, 0) is 10.8 Å². The minimum Gasteiger partial charge on any atom is -0.228 e. The van der Waals surface area contributed by atoms with E-state index in [1.165, 1.54) is 100 Å². The highest BCUT2D eigenvalue weighted by Gasteiger charge is 2.49. The largest absolute Gasteiger partial charge is 0.228 e. The number of rotatable bonds is 10. The first-order valence-electron chi connectivity index (χ1n) is 32.6. The van der Waals surface area contributed by atoms with Crippen LogP contribution in [0, 0.1) is 0 Å². The van der Waals surface area contributed by atoms with Gasteiger partial charge >= 0.3 is 0 Å². The second kappa shape index (κ2) is 21.3. The van der Waals surface area contributed by atoms with Gasteiger partial charge < -0.3 is 0 Å². The Morgan fingerprint density at radius 1 is 0.202 bits per heavy atom. The van der Waals surface area contributed by atoms with Crippen LogP contribution >= 0.6 is 0 Å². The van der Waals surface area contributed by atoms with Crippen LogP contribution in [0.2, 0.25) is 0 Å². The molecule has 0 aliphatic heterocycles. The third-order valence-electron chi connectivity index (χ3n) is 20.7. The summed E-state index contributed by atoms with van der Waals surface area (Å²) in [5, 5.41) is 0. The molecule has 0 amide bonds. The smallest absolute Gasteiger partial charge is 0.160 e. The lowest BCUT2D eigenvalue weighted by Crippen LogP contribution is -2.28. The van der Waals surface area contributed by atoms with Crippen LogP contribution in [0.3, 0.4) is 0 Å². The minimum absolute atomic E-state index is 0.0245. The molecular formula is C90H58N4. The minimum atomic E-state index is -0.549. The van der Waals surface area contributed by atoms with E-state index in [-0.39, 0.29) is 11.8 Å². The van der Waals surface area contributed by atoms with Gasteiger partial charge in [-0.1, -0.05) is 315 Å². The number of fused-ring (bicyclic) bond motifs is 6. The first kappa shape index (κ1) is 53.8. The molecule has 2 unspecified atom stereocenters. The molecule has 2 aromatic heterocycles. The van der Waals surface area contributed by atoms with Gasteiger partial charge in [0.05, 0.1) is 33.6 Å². The molecule has 4 nitrogen and oxygen atoms in total. The van der Waals surface area contributed by atoms with Crippen LogP contribution in [0.25, 0.3) is 90.1 Å². The van der Waals surface area contributed by atoms with Gasteiger partial charge in [0.2, 0.25) is 0 Å². The molecule has 5 aliphatic rings. The molecule has 2 atom stereocenters. The number of benzene rings is 13. The first-order chi connectivity index (χ1) is 46.6. The summed E-state index contributed by atoms with van der Waals surface area (Å²) in [7, 11) is 0. The fraction of sp³-hybridized carbons (Fsp3) is 0.0444. The molecule has 0 saturated heterocycles. The number of hydrogen-bond donors (Lipinski definition) is 0. The SMILES string of the molecule is c1ccc(-c2cc(-c3cccc4c3-c3ccccc3C4(c3ccccc3)c3ccccc3)nc(-c3ccc4c(c3)C3c5ccccc5C4c4cc(-c5nc(-c6ccccc6)cc(-c6cccc7c6-c6ccccc6C7(c6ccccc6)c6ccccc6)n5)ccc43)n2)cc1. The molecular weight excluding hydrogens is 1140 g/mol. The number of nitrogens with zero attached hydrogens (tertiary/aromatic N) is 4. The Bertz CT molecular complexity index is 5070. The molecule has 0 N–H and O–H groups in total. The topological polar surface area (TPSA) is 51.6 Å². The van der Waals surface area contributed by atoms with Gasteiger partial charge in [-0.3, -0.25) is 0 Å². The molecule has 0 saturated carbocycles. The third-order valence-corrected chi connectivity index (χ3v) is 20.7. The van der Waals surface area contributed by atoms with Crippen molar-refractivity contribution in [2.45, 2.75) is 22.7 Å². The first-order valence-corrected chi connectivity index (χ1v) is 32.6. The highest BCUT2D eigenvalue weighted by atomic mass is 14.9. The van der Waals surface area contributed by atoms with Crippen molar-refractivity contribution < 1.29 is 0 Å². The van der Waals surface area contributed by atoms with Gasteiger partial charge in [0, 0.05) is 45.2 Å². The third kappa shape index (κ3) is 7.93. The van der Waals surface area contributed by atoms with Crippen molar-refractivity contribution >= 4 is 0 Å². The summed E-state index contributed by atoms with van der Waals surface area (Å²) in [5.41, 5.74) is 31.2. The summed E-state index contributed by atoms with van der Waals surface area (Å²) < 4.78 is 0. The van der Waals surface area contributed by atoms with E-state index in [0.29, 0.717) is 11.6 Å². The summed E-state index contributed by atoms with van der Waals surface area (Å²) in [5.74, 6) is 1.33. The average molecular weight is 1200 g/mol. The molecule has 4 heteroatoms. The standard InChI is InChI=1S/C90H58N4/c1-7-27-57(28-8-1)79-55-81(71-43-25-47-77-85(71)69-41-21-23-45-75(69)89(77,61-31-11-3-12-32-61)62-33-13-4-14-34-62)93-87(91-79)59-49-51-67-73(53-59)83-65-39-19-20-40-66(65)84(67)74-54-60(50-52-68(74)83)88-92-80(58-29-9-2-10-30-58)56-82(94-88)72-44-26-48-78-86(72)70-42-22-24-46-76(70)90(78,63-35-15-5-16-36-63)64-37-17-6-18-38-64/h1-56,83-84H. The zero-order valence-electron chi connectivity index (χ0n) is 51.3. The maximum atomic E-state index is 5.69. The molecule has 0 spiro atoms. The molecule has 15 aromatic rings. The van der Waals surface area contributed by atoms with E-state index in [0.717, 1.165) is 56.2 Å². The summed E-state index contributed by atoms with van der Waals surface area (Å²) >= 11 is 0. The predicted molar refractivity (Wildman–Crippen MR) is 380 cm³/mol. The Morgan fingerprint density at radius 3 is 0.883 bits per heavy atom. The Labute approximate surface area is 547 Å². The summed E-state index contributed by atoms with van der Waals surface area (Å²) in [4.78, 5) is 22.4. The highest BCUT2D eigenvalue weighted by molar-refractivity contribution is 5.97. The van der Waals surface area contributed by atoms with E-state index in [2.05, 4.69) is 340 Å². The molecule has 0 radical (unpaired) electrons. The van der Waals surface area contributed by atoms with Gasteiger partial charge in [0.15, 0.2) is 11.6 Å². The van der Waals surface area contributed by atoms with Gasteiger partial charge in [-0.2, -0.15) is 0 Å². The van der Waals surface area contributed by atoms with Crippen molar-refractivity contribution in [3.8, 4) is 90.1 Å². The Balaban J connectivity index is 0.755. The van der Waals surface area contributed by atoms with Gasteiger partial charge in [0.25, 0.3) is 0 Å². The zero-order chi connectivity index (χ0) is 61.9. The maximum Gasteiger partial charge on any atom is 0.160 e. The van der Waals surface area contributed by atoms with E-state index in [1.54, 1.807) is 0 Å². The van der Waals surface area contributed by atoms with Gasteiger partial charge in [-0.05, 0) is 124 Å². The van der Waals surface area contributed by atoms with E-state index in [1.807, 2.05) is 0 Å². The highest BCUT2D eigenvalue weighted by Crippen LogP contribution is 2.61. The Hall–Kier alpha value is -12.0. The van der Waals surface area contributed by atoms with Crippen molar-refractivity contribution in [3.05, 3.63) is 418 Å². The molecule has 13 aromatic carbocycles. The van der Waals surface area contributed by atoms with Crippen LogP contribution in [-0.4, -0.2) is 19.9 Å². The van der Waals surface area contributed by atoms with E-state index >= 15 is 0 Å². The van der Waals surface area contributed by atoms with Crippen molar-refractivity contribution in [2.75, 3.05) is 0 Å². The van der Waals surface area contributed by atoms with Crippen molar-refractivity contribution in [1.82, 2.24) is 19.9 Å². The zero-order valence-corrected chi connectivity index (χ0v) is 51.3. The van der Waals surface area contributed by atoms with Crippen LogP contribution < -0.4 is 0 Å². The van der Waals surface area contributed by atoms with E-state index in [4.69, 9.17) is 19.9 Å². The lowest BCUT2D eigenvalue weighted by Gasteiger charge is -2.42. The molecule has 5 aliphatic carbocycles. The predicted octanol–water partition coefficient (Wildman–Crippen LogP) is 21.0. The van der Waals surface area contributed by atoms with Crippen molar-refractivity contribution in [2.24, 2.45) is 0 Å². The summed E-state index contributed by atoms with van der Waals surface area (Å²) in [6, 6.07) is 124. The fourth-order valence-electron chi connectivity index (χ4n) is 16.9.